The Hall–Kier alpha value is -1.32. The molecule has 1 saturated carbocycles. The molecule has 0 spiro atoms. The van der Waals surface area contributed by atoms with E-state index in [4.69, 9.17) is 0 Å². The van der Waals surface area contributed by atoms with Crippen molar-refractivity contribution in [3.63, 3.8) is 0 Å². The quantitative estimate of drug-likeness (QED) is 0.765. The van der Waals surface area contributed by atoms with Crippen LogP contribution in [-0.4, -0.2) is 22.0 Å². The van der Waals surface area contributed by atoms with Gasteiger partial charge in [0.15, 0.2) is 0 Å². The van der Waals surface area contributed by atoms with Crippen LogP contribution in [-0.2, 0) is 11.3 Å². The third-order valence-corrected chi connectivity index (χ3v) is 2.52. The lowest BCUT2D eigenvalue weighted by Crippen LogP contribution is -2.29. The summed E-state index contributed by atoms with van der Waals surface area (Å²) in [6, 6.07) is 0. The fourth-order valence-corrected chi connectivity index (χ4v) is 1.36. The summed E-state index contributed by atoms with van der Waals surface area (Å²) >= 11 is 0. The monoisotopic (exact) mass is 193 g/mol. The van der Waals surface area contributed by atoms with Gasteiger partial charge in [0.05, 0.1) is 0 Å². The summed E-state index contributed by atoms with van der Waals surface area (Å²) in [7, 11) is 0. The van der Waals surface area contributed by atoms with Crippen LogP contribution in [0.15, 0.2) is 12.4 Å². The molecule has 1 aliphatic rings. The van der Waals surface area contributed by atoms with Crippen molar-refractivity contribution in [2.45, 2.75) is 26.3 Å². The Kier molecular flexibility index (Phi) is 2.52. The van der Waals surface area contributed by atoms with Crippen molar-refractivity contribution in [1.29, 1.82) is 0 Å². The van der Waals surface area contributed by atoms with Gasteiger partial charge in [-0.1, -0.05) is 0 Å². The van der Waals surface area contributed by atoms with Gasteiger partial charge >= 0.3 is 0 Å². The van der Waals surface area contributed by atoms with E-state index in [1.807, 2.05) is 17.7 Å². The maximum absolute atomic E-state index is 11.4. The van der Waals surface area contributed by atoms with Gasteiger partial charge in [0, 0.05) is 18.9 Å². The summed E-state index contributed by atoms with van der Waals surface area (Å²) in [4.78, 5) is 15.5. The minimum atomic E-state index is 0.0815. The number of amides is 1. The van der Waals surface area contributed by atoms with Gasteiger partial charge in [0.25, 0.3) is 0 Å². The summed E-state index contributed by atoms with van der Waals surface area (Å²) in [5.41, 5.74) is 0. The van der Waals surface area contributed by atoms with Crippen LogP contribution in [0.25, 0.3) is 0 Å². The SMILES string of the molecule is Cc1nccn1CC(=O)NCC1CC1. The molecule has 1 heterocycles. The fourth-order valence-electron chi connectivity index (χ4n) is 1.36. The number of hydrogen-bond acceptors (Lipinski definition) is 2. The first-order valence-corrected chi connectivity index (χ1v) is 5.00. The van der Waals surface area contributed by atoms with Crippen molar-refractivity contribution in [3.8, 4) is 0 Å². The van der Waals surface area contributed by atoms with Crippen molar-refractivity contribution in [2.75, 3.05) is 6.54 Å². The number of carbonyl (C=O) groups is 1. The van der Waals surface area contributed by atoms with E-state index in [1.165, 1.54) is 12.8 Å². The molecule has 4 heteroatoms. The molecule has 0 atom stereocenters. The number of carbonyl (C=O) groups excluding carboxylic acids is 1. The molecule has 1 aromatic heterocycles. The molecule has 76 valence electrons. The van der Waals surface area contributed by atoms with Crippen LogP contribution in [0.4, 0.5) is 0 Å². The summed E-state index contributed by atoms with van der Waals surface area (Å²) < 4.78 is 1.85. The highest BCUT2D eigenvalue weighted by Gasteiger charge is 2.21. The topological polar surface area (TPSA) is 46.9 Å². The maximum atomic E-state index is 11.4. The van der Waals surface area contributed by atoms with Crippen LogP contribution in [0, 0.1) is 12.8 Å². The zero-order valence-corrected chi connectivity index (χ0v) is 8.36. The maximum Gasteiger partial charge on any atom is 0.239 e. The molecule has 0 unspecified atom stereocenters. The summed E-state index contributed by atoms with van der Waals surface area (Å²) in [5.74, 6) is 1.70. The van der Waals surface area contributed by atoms with Gasteiger partial charge in [-0.3, -0.25) is 4.79 Å². The Morgan fingerprint density at radius 1 is 1.71 bits per heavy atom. The Balaban J connectivity index is 1.78. The molecule has 1 fully saturated rings. The standard InChI is InChI=1S/C10H15N3O/c1-8-11-4-5-13(8)7-10(14)12-6-9-2-3-9/h4-5,9H,2-3,6-7H2,1H3,(H,12,14). The average Bonchev–Trinajstić information content (AvgIpc) is 2.90. The average molecular weight is 193 g/mol. The van der Waals surface area contributed by atoms with Crippen molar-refractivity contribution >= 4 is 5.91 Å². The highest BCUT2D eigenvalue weighted by atomic mass is 16.1. The molecule has 1 aromatic rings. The van der Waals surface area contributed by atoms with Crippen LogP contribution < -0.4 is 5.32 Å². The van der Waals surface area contributed by atoms with Crippen LogP contribution >= 0.6 is 0 Å². The van der Waals surface area contributed by atoms with E-state index in [0.29, 0.717) is 6.54 Å². The van der Waals surface area contributed by atoms with Gasteiger partial charge < -0.3 is 9.88 Å². The minimum Gasteiger partial charge on any atom is -0.354 e. The van der Waals surface area contributed by atoms with Gasteiger partial charge in [-0.25, -0.2) is 4.98 Å². The lowest BCUT2D eigenvalue weighted by atomic mass is 10.4. The normalized spacial score (nSPS) is 15.5. The predicted octanol–water partition coefficient (Wildman–Crippen LogP) is 0.718. The molecule has 1 amide bonds. The number of rotatable bonds is 4. The van der Waals surface area contributed by atoms with Gasteiger partial charge in [0.1, 0.15) is 12.4 Å². The molecule has 0 saturated heterocycles. The van der Waals surface area contributed by atoms with Crippen molar-refractivity contribution in [2.24, 2.45) is 5.92 Å². The van der Waals surface area contributed by atoms with Crippen LogP contribution in [0.1, 0.15) is 18.7 Å². The number of aryl methyl sites for hydroxylation is 1. The van der Waals surface area contributed by atoms with Gasteiger partial charge in [-0.15, -0.1) is 0 Å². The highest BCUT2D eigenvalue weighted by molar-refractivity contribution is 5.75. The summed E-state index contributed by atoms with van der Waals surface area (Å²) in [6.07, 6.45) is 6.07. The van der Waals surface area contributed by atoms with Crippen LogP contribution in [0.3, 0.4) is 0 Å². The van der Waals surface area contributed by atoms with E-state index >= 15 is 0 Å². The first kappa shape index (κ1) is 9.24. The third kappa shape index (κ3) is 2.34. The van der Waals surface area contributed by atoms with Crippen molar-refractivity contribution in [3.05, 3.63) is 18.2 Å². The molecule has 0 radical (unpaired) electrons. The number of hydrogen-bond donors (Lipinski definition) is 1. The lowest BCUT2D eigenvalue weighted by molar-refractivity contribution is -0.121. The molecule has 1 aliphatic carbocycles. The molecule has 0 aliphatic heterocycles. The first-order chi connectivity index (χ1) is 6.75. The number of nitrogens with zero attached hydrogens (tertiary/aromatic N) is 2. The van der Waals surface area contributed by atoms with Crippen molar-refractivity contribution < 1.29 is 4.79 Å². The van der Waals surface area contributed by atoms with E-state index in [0.717, 1.165) is 18.3 Å². The van der Waals surface area contributed by atoms with E-state index < -0.39 is 0 Å². The fraction of sp³-hybridized carbons (Fsp3) is 0.600. The molecular formula is C10H15N3O. The Morgan fingerprint density at radius 3 is 3.07 bits per heavy atom. The molecular weight excluding hydrogens is 178 g/mol. The smallest absolute Gasteiger partial charge is 0.239 e. The zero-order valence-electron chi connectivity index (χ0n) is 8.36. The second-order valence-electron chi connectivity index (χ2n) is 3.85. The Morgan fingerprint density at radius 2 is 2.50 bits per heavy atom. The molecule has 0 aromatic carbocycles. The second-order valence-corrected chi connectivity index (χ2v) is 3.85. The lowest BCUT2D eigenvalue weighted by Gasteiger charge is -2.05. The summed E-state index contributed by atoms with van der Waals surface area (Å²) in [5, 5.41) is 2.92. The number of nitrogens with one attached hydrogen (secondary N) is 1. The largest absolute Gasteiger partial charge is 0.354 e. The molecule has 4 nitrogen and oxygen atoms in total. The van der Waals surface area contributed by atoms with Gasteiger partial charge in [0.2, 0.25) is 5.91 Å². The summed E-state index contributed by atoms with van der Waals surface area (Å²) in [6.45, 7) is 3.12. The first-order valence-electron chi connectivity index (χ1n) is 5.00. The number of aromatic nitrogens is 2. The zero-order chi connectivity index (χ0) is 9.97. The van der Waals surface area contributed by atoms with E-state index in [-0.39, 0.29) is 5.91 Å². The second kappa shape index (κ2) is 3.82. The Labute approximate surface area is 83.3 Å². The van der Waals surface area contributed by atoms with Crippen LogP contribution in [0.2, 0.25) is 0 Å². The molecule has 1 N–H and O–H groups in total. The van der Waals surface area contributed by atoms with Crippen LogP contribution in [0.5, 0.6) is 0 Å². The van der Waals surface area contributed by atoms with Crippen molar-refractivity contribution in [1.82, 2.24) is 14.9 Å². The predicted molar refractivity (Wildman–Crippen MR) is 52.7 cm³/mol. The molecule has 0 bridgehead atoms. The van der Waals surface area contributed by atoms with Gasteiger partial charge in [-0.2, -0.15) is 0 Å². The van der Waals surface area contributed by atoms with Gasteiger partial charge in [-0.05, 0) is 25.7 Å². The third-order valence-electron chi connectivity index (χ3n) is 2.52. The molecule has 2 rings (SSSR count). The highest BCUT2D eigenvalue weighted by Crippen LogP contribution is 2.27. The molecule has 14 heavy (non-hydrogen) atoms. The van der Waals surface area contributed by atoms with E-state index in [2.05, 4.69) is 10.3 Å². The minimum absolute atomic E-state index is 0.0815. The van der Waals surface area contributed by atoms with E-state index in [9.17, 15) is 4.79 Å². The Bertz CT molecular complexity index is 328. The number of imidazole rings is 1. The van der Waals surface area contributed by atoms with E-state index in [1.54, 1.807) is 6.20 Å².